The van der Waals surface area contributed by atoms with Crippen LogP contribution in [0.1, 0.15) is 56.6 Å². The van der Waals surface area contributed by atoms with E-state index >= 15 is 0 Å². The lowest BCUT2D eigenvalue weighted by atomic mass is 9.86. The number of hydrogen-bond donors (Lipinski definition) is 1. The van der Waals surface area contributed by atoms with Crippen LogP contribution in [-0.2, 0) is 12.8 Å². The lowest BCUT2D eigenvalue weighted by molar-refractivity contribution is 0.305. The molecule has 0 radical (unpaired) electrons. The fourth-order valence-electron chi connectivity index (χ4n) is 3.91. The quantitative estimate of drug-likeness (QED) is 0.760. The Labute approximate surface area is 131 Å². The topological polar surface area (TPSA) is 12.0 Å². The first-order valence-electron chi connectivity index (χ1n) is 8.26. The van der Waals surface area contributed by atoms with Crippen molar-refractivity contribution in [3.05, 3.63) is 33.8 Å². The summed E-state index contributed by atoms with van der Waals surface area (Å²) in [5.74, 6) is 0.851. The molecule has 110 valence electrons. The minimum atomic E-state index is 0.689. The molecule has 1 saturated carbocycles. The zero-order chi connectivity index (χ0) is 13.9. The first-order valence-corrected chi connectivity index (χ1v) is 9.05. The zero-order valence-corrected chi connectivity index (χ0v) is 14.1. The van der Waals surface area contributed by atoms with Gasteiger partial charge in [0.25, 0.3) is 0 Å². The molecule has 2 aliphatic rings. The smallest absolute Gasteiger partial charge is 0.0178 e. The van der Waals surface area contributed by atoms with Gasteiger partial charge in [-0.3, -0.25) is 0 Å². The highest BCUT2D eigenvalue weighted by Gasteiger charge is 2.25. The Kier molecular flexibility index (Phi) is 4.83. The molecule has 2 aliphatic carbocycles. The van der Waals surface area contributed by atoms with E-state index < -0.39 is 0 Å². The SMILES string of the molecule is CC1CCCCCC1NC1CCc2cc(Br)ccc2C1. The van der Waals surface area contributed by atoms with Crippen molar-refractivity contribution in [3.63, 3.8) is 0 Å². The second kappa shape index (κ2) is 6.62. The molecule has 0 bridgehead atoms. The number of nitrogens with one attached hydrogen (secondary N) is 1. The Morgan fingerprint density at radius 3 is 2.80 bits per heavy atom. The largest absolute Gasteiger partial charge is 0.311 e. The van der Waals surface area contributed by atoms with Crippen LogP contribution < -0.4 is 5.32 Å². The van der Waals surface area contributed by atoms with Gasteiger partial charge in [-0.05, 0) is 61.3 Å². The third-order valence-electron chi connectivity index (χ3n) is 5.21. The Balaban J connectivity index is 1.63. The summed E-state index contributed by atoms with van der Waals surface area (Å²) in [6.45, 7) is 2.44. The van der Waals surface area contributed by atoms with Gasteiger partial charge in [-0.1, -0.05) is 48.2 Å². The van der Waals surface area contributed by atoms with Crippen molar-refractivity contribution in [3.8, 4) is 0 Å². The monoisotopic (exact) mass is 335 g/mol. The van der Waals surface area contributed by atoms with E-state index in [0.29, 0.717) is 6.04 Å². The summed E-state index contributed by atoms with van der Waals surface area (Å²) in [5, 5.41) is 3.99. The lowest BCUT2D eigenvalue weighted by Crippen LogP contribution is -2.44. The average Bonchev–Trinajstić information content (AvgIpc) is 2.64. The van der Waals surface area contributed by atoms with Gasteiger partial charge >= 0.3 is 0 Å². The highest BCUT2D eigenvalue weighted by Crippen LogP contribution is 2.28. The summed E-state index contributed by atoms with van der Waals surface area (Å²) in [4.78, 5) is 0. The maximum absolute atomic E-state index is 3.99. The maximum atomic E-state index is 3.99. The van der Waals surface area contributed by atoms with Crippen LogP contribution in [0, 0.1) is 5.92 Å². The molecule has 0 saturated heterocycles. The van der Waals surface area contributed by atoms with Gasteiger partial charge in [0.2, 0.25) is 0 Å². The van der Waals surface area contributed by atoms with Crippen LogP contribution in [0.5, 0.6) is 0 Å². The molecule has 20 heavy (non-hydrogen) atoms. The summed E-state index contributed by atoms with van der Waals surface area (Å²) in [7, 11) is 0. The molecule has 2 heteroatoms. The summed E-state index contributed by atoms with van der Waals surface area (Å²) >= 11 is 3.59. The maximum Gasteiger partial charge on any atom is 0.0178 e. The van der Waals surface area contributed by atoms with Crippen molar-refractivity contribution < 1.29 is 0 Å². The Morgan fingerprint density at radius 1 is 1.05 bits per heavy atom. The molecule has 1 aromatic carbocycles. The van der Waals surface area contributed by atoms with Gasteiger partial charge in [0.1, 0.15) is 0 Å². The fraction of sp³-hybridized carbons (Fsp3) is 0.667. The highest BCUT2D eigenvalue weighted by atomic mass is 79.9. The molecular weight excluding hydrogens is 310 g/mol. The average molecular weight is 336 g/mol. The molecule has 3 atom stereocenters. The molecule has 1 fully saturated rings. The minimum Gasteiger partial charge on any atom is -0.311 e. The van der Waals surface area contributed by atoms with E-state index in [-0.39, 0.29) is 0 Å². The van der Waals surface area contributed by atoms with Gasteiger partial charge in [-0.2, -0.15) is 0 Å². The zero-order valence-electron chi connectivity index (χ0n) is 12.5. The molecule has 0 heterocycles. The number of aryl methyl sites for hydroxylation is 1. The molecule has 0 aromatic heterocycles. The van der Waals surface area contributed by atoms with E-state index in [0.717, 1.165) is 12.0 Å². The van der Waals surface area contributed by atoms with Crippen LogP contribution in [0.3, 0.4) is 0 Å². The van der Waals surface area contributed by atoms with E-state index in [9.17, 15) is 0 Å². The summed E-state index contributed by atoms with van der Waals surface area (Å²) < 4.78 is 1.22. The molecule has 3 unspecified atom stereocenters. The second-order valence-corrected chi connectivity index (χ2v) is 7.66. The molecule has 1 N–H and O–H groups in total. The number of rotatable bonds is 2. The van der Waals surface area contributed by atoms with Crippen molar-refractivity contribution in [1.82, 2.24) is 5.32 Å². The number of halogens is 1. The molecule has 0 amide bonds. The van der Waals surface area contributed by atoms with Crippen LogP contribution >= 0.6 is 15.9 Å². The predicted molar refractivity (Wildman–Crippen MR) is 89.1 cm³/mol. The highest BCUT2D eigenvalue weighted by molar-refractivity contribution is 9.10. The first kappa shape index (κ1) is 14.6. The summed E-state index contributed by atoms with van der Waals surface area (Å²) in [6, 6.07) is 8.24. The van der Waals surface area contributed by atoms with Crippen LogP contribution in [0.25, 0.3) is 0 Å². The first-order chi connectivity index (χ1) is 9.72. The van der Waals surface area contributed by atoms with Gasteiger partial charge in [0.05, 0.1) is 0 Å². The van der Waals surface area contributed by atoms with Gasteiger partial charge < -0.3 is 5.32 Å². The lowest BCUT2D eigenvalue weighted by Gasteiger charge is -2.32. The van der Waals surface area contributed by atoms with E-state index in [1.165, 1.54) is 55.8 Å². The Morgan fingerprint density at radius 2 is 1.90 bits per heavy atom. The third-order valence-corrected chi connectivity index (χ3v) is 5.70. The van der Waals surface area contributed by atoms with Gasteiger partial charge in [0, 0.05) is 16.6 Å². The predicted octanol–water partition coefficient (Wildman–Crippen LogP) is 4.86. The normalized spacial score (nSPS) is 30.6. The summed E-state index contributed by atoms with van der Waals surface area (Å²) in [5.41, 5.74) is 3.10. The number of benzene rings is 1. The number of hydrogen-bond acceptors (Lipinski definition) is 1. The van der Waals surface area contributed by atoms with Crippen LogP contribution in [-0.4, -0.2) is 12.1 Å². The van der Waals surface area contributed by atoms with E-state index in [2.05, 4.69) is 46.4 Å². The Hall–Kier alpha value is -0.340. The van der Waals surface area contributed by atoms with Crippen molar-refractivity contribution in [1.29, 1.82) is 0 Å². The molecule has 1 nitrogen and oxygen atoms in total. The molecule has 3 rings (SSSR count). The summed E-state index contributed by atoms with van der Waals surface area (Å²) in [6.07, 6.45) is 10.8. The Bertz CT molecular complexity index is 457. The second-order valence-electron chi connectivity index (χ2n) is 6.74. The minimum absolute atomic E-state index is 0.689. The molecule has 1 aromatic rings. The molecule has 0 spiro atoms. The van der Waals surface area contributed by atoms with Crippen LogP contribution in [0.4, 0.5) is 0 Å². The van der Waals surface area contributed by atoms with Crippen molar-refractivity contribution in [2.24, 2.45) is 5.92 Å². The van der Waals surface area contributed by atoms with Gasteiger partial charge in [-0.25, -0.2) is 0 Å². The number of fused-ring (bicyclic) bond motifs is 1. The van der Waals surface area contributed by atoms with Crippen molar-refractivity contribution in [2.75, 3.05) is 0 Å². The molecule has 0 aliphatic heterocycles. The third kappa shape index (κ3) is 3.46. The fourth-order valence-corrected chi connectivity index (χ4v) is 4.32. The van der Waals surface area contributed by atoms with E-state index in [4.69, 9.17) is 0 Å². The van der Waals surface area contributed by atoms with Gasteiger partial charge in [-0.15, -0.1) is 0 Å². The standard InChI is InChI=1S/C18H26BrN/c1-13-5-3-2-4-6-18(13)20-17-10-8-14-11-16(19)9-7-15(14)12-17/h7,9,11,13,17-18,20H,2-6,8,10,12H2,1H3. The van der Waals surface area contributed by atoms with Crippen LogP contribution in [0.2, 0.25) is 0 Å². The van der Waals surface area contributed by atoms with E-state index in [1.807, 2.05) is 0 Å². The van der Waals surface area contributed by atoms with Crippen molar-refractivity contribution in [2.45, 2.75) is 70.4 Å². The molecular formula is C18H26BrN. The van der Waals surface area contributed by atoms with E-state index in [1.54, 1.807) is 11.1 Å². The van der Waals surface area contributed by atoms with Crippen molar-refractivity contribution >= 4 is 15.9 Å². The van der Waals surface area contributed by atoms with Crippen LogP contribution in [0.15, 0.2) is 22.7 Å². The van der Waals surface area contributed by atoms with Gasteiger partial charge in [0.15, 0.2) is 0 Å².